The van der Waals surface area contributed by atoms with E-state index in [4.69, 9.17) is 21.1 Å². The molecular formula is C14H13NO3S. The van der Waals surface area contributed by atoms with Crippen molar-refractivity contribution in [2.45, 2.75) is 27.2 Å². The molecule has 0 unspecified atom stereocenters. The first kappa shape index (κ1) is 12.2. The summed E-state index contributed by atoms with van der Waals surface area (Å²) in [5.74, 6) is 0. The fourth-order valence-corrected chi connectivity index (χ4v) is 2.72. The molecule has 98 valence electrons. The number of H-pyrrole nitrogens is 1. The van der Waals surface area contributed by atoms with Gasteiger partial charge in [0, 0.05) is 16.5 Å². The van der Waals surface area contributed by atoms with Gasteiger partial charge in [0.1, 0.15) is 5.58 Å². The lowest BCUT2D eigenvalue weighted by molar-refractivity contribution is 0.544. The highest BCUT2D eigenvalue weighted by molar-refractivity contribution is 7.71. The van der Waals surface area contributed by atoms with Crippen molar-refractivity contribution in [1.29, 1.82) is 0 Å². The third-order valence-corrected chi connectivity index (χ3v) is 3.73. The summed E-state index contributed by atoms with van der Waals surface area (Å²) in [6, 6.07) is 1.92. The minimum atomic E-state index is -0.274. The lowest BCUT2D eigenvalue weighted by Crippen LogP contribution is -2.09. The molecule has 0 spiro atoms. The molecule has 3 aromatic rings. The van der Waals surface area contributed by atoms with E-state index >= 15 is 0 Å². The molecule has 2 heterocycles. The SMILES string of the molecule is CCc1c(C)c2cc3[nH]c(=S)oc3c(C)c2oc1=O. The average Bonchev–Trinajstić information content (AvgIpc) is 2.73. The van der Waals surface area contributed by atoms with Crippen molar-refractivity contribution in [2.75, 3.05) is 0 Å². The fraction of sp³-hybridized carbons (Fsp3) is 0.286. The number of aromatic nitrogens is 1. The lowest BCUT2D eigenvalue weighted by Gasteiger charge is -2.07. The van der Waals surface area contributed by atoms with E-state index in [9.17, 15) is 4.79 Å². The van der Waals surface area contributed by atoms with Gasteiger partial charge in [0.15, 0.2) is 5.58 Å². The topological polar surface area (TPSA) is 59.1 Å². The number of rotatable bonds is 1. The van der Waals surface area contributed by atoms with Crippen LogP contribution in [0.25, 0.3) is 22.1 Å². The van der Waals surface area contributed by atoms with Gasteiger partial charge in [0.2, 0.25) is 0 Å². The number of aromatic amines is 1. The molecule has 0 aliphatic carbocycles. The average molecular weight is 275 g/mol. The molecule has 0 bridgehead atoms. The van der Waals surface area contributed by atoms with Gasteiger partial charge in [-0.1, -0.05) is 6.92 Å². The van der Waals surface area contributed by atoms with Gasteiger partial charge in [-0.15, -0.1) is 0 Å². The number of aryl methyl sites for hydroxylation is 2. The van der Waals surface area contributed by atoms with E-state index < -0.39 is 0 Å². The second kappa shape index (κ2) is 4.06. The molecule has 0 atom stereocenters. The van der Waals surface area contributed by atoms with Gasteiger partial charge in [-0.3, -0.25) is 0 Å². The Balaban J connectivity index is 2.61. The molecule has 0 saturated heterocycles. The molecule has 0 saturated carbocycles. The molecule has 2 aromatic heterocycles. The Morgan fingerprint density at radius 3 is 2.63 bits per heavy atom. The maximum absolute atomic E-state index is 12.0. The number of oxazole rings is 1. The summed E-state index contributed by atoms with van der Waals surface area (Å²) >= 11 is 5.00. The normalized spacial score (nSPS) is 11.5. The molecular weight excluding hydrogens is 262 g/mol. The van der Waals surface area contributed by atoms with E-state index in [0.29, 0.717) is 28.0 Å². The molecule has 0 amide bonds. The molecule has 1 N–H and O–H groups in total. The summed E-state index contributed by atoms with van der Waals surface area (Å²) in [6.07, 6.45) is 0.655. The quantitative estimate of drug-likeness (QED) is 0.542. The third-order valence-electron chi connectivity index (χ3n) is 3.54. The van der Waals surface area contributed by atoms with Crippen LogP contribution >= 0.6 is 12.2 Å². The highest BCUT2D eigenvalue weighted by atomic mass is 32.1. The van der Waals surface area contributed by atoms with Crippen LogP contribution in [-0.4, -0.2) is 4.98 Å². The monoisotopic (exact) mass is 275 g/mol. The van der Waals surface area contributed by atoms with Gasteiger partial charge in [-0.2, -0.15) is 0 Å². The van der Waals surface area contributed by atoms with E-state index in [1.807, 2.05) is 26.8 Å². The van der Waals surface area contributed by atoms with Crippen LogP contribution in [0.2, 0.25) is 0 Å². The van der Waals surface area contributed by atoms with E-state index in [2.05, 4.69) is 4.98 Å². The first-order valence-electron chi connectivity index (χ1n) is 6.11. The van der Waals surface area contributed by atoms with Crippen LogP contribution < -0.4 is 5.63 Å². The van der Waals surface area contributed by atoms with Gasteiger partial charge >= 0.3 is 5.63 Å². The van der Waals surface area contributed by atoms with Crippen LogP contribution in [0.3, 0.4) is 0 Å². The minimum Gasteiger partial charge on any atom is -0.429 e. The van der Waals surface area contributed by atoms with Crippen molar-refractivity contribution < 1.29 is 8.83 Å². The van der Waals surface area contributed by atoms with Gasteiger partial charge in [0.25, 0.3) is 4.84 Å². The van der Waals surface area contributed by atoms with Crippen molar-refractivity contribution in [3.63, 3.8) is 0 Å². The van der Waals surface area contributed by atoms with Crippen molar-refractivity contribution in [1.82, 2.24) is 4.98 Å². The Hall–Kier alpha value is -1.88. The number of nitrogens with one attached hydrogen (secondary N) is 1. The zero-order chi connectivity index (χ0) is 13.7. The number of hydrogen-bond acceptors (Lipinski definition) is 4. The Morgan fingerprint density at radius 2 is 1.95 bits per heavy atom. The summed E-state index contributed by atoms with van der Waals surface area (Å²) < 4.78 is 10.9. The summed E-state index contributed by atoms with van der Waals surface area (Å²) in [7, 11) is 0. The first-order valence-corrected chi connectivity index (χ1v) is 6.52. The molecule has 4 nitrogen and oxygen atoms in total. The second-order valence-electron chi connectivity index (χ2n) is 4.62. The summed E-state index contributed by atoms with van der Waals surface area (Å²) in [5.41, 5.74) is 4.24. The summed E-state index contributed by atoms with van der Waals surface area (Å²) in [5, 5.41) is 0.925. The molecule has 0 aliphatic rings. The van der Waals surface area contributed by atoms with E-state index in [1.54, 1.807) is 0 Å². The molecule has 0 aliphatic heterocycles. The van der Waals surface area contributed by atoms with Crippen molar-refractivity contribution in [3.05, 3.63) is 38.0 Å². The van der Waals surface area contributed by atoms with E-state index in [-0.39, 0.29) is 5.63 Å². The summed E-state index contributed by atoms with van der Waals surface area (Å²) in [4.78, 5) is 15.3. The Kier molecular flexibility index (Phi) is 2.60. The van der Waals surface area contributed by atoms with Gasteiger partial charge in [0.05, 0.1) is 5.52 Å². The lowest BCUT2D eigenvalue weighted by atomic mass is 10.0. The minimum absolute atomic E-state index is 0.274. The molecule has 1 aromatic carbocycles. The second-order valence-corrected chi connectivity index (χ2v) is 4.99. The van der Waals surface area contributed by atoms with Crippen molar-refractivity contribution in [3.8, 4) is 0 Å². The van der Waals surface area contributed by atoms with E-state index in [0.717, 1.165) is 22.0 Å². The third kappa shape index (κ3) is 1.65. The van der Waals surface area contributed by atoms with Crippen LogP contribution in [0, 0.1) is 18.7 Å². The highest BCUT2D eigenvalue weighted by Gasteiger charge is 2.15. The van der Waals surface area contributed by atoms with Crippen molar-refractivity contribution >= 4 is 34.3 Å². The van der Waals surface area contributed by atoms with Gasteiger partial charge < -0.3 is 13.8 Å². The van der Waals surface area contributed by atoms with Crippen LogP contribution in [0.4, 0.5) is 0 Å². The smallest absolute Gasteiger partial charge is 0.339 e. The maximum atomic E-state index is 12.0. The largest absolute Gasteiger partial charge is 0.429 e. The Bertz CT molecular complexity index is 914. The Morgan fingerprint density at radius 1 is 1.21 bits per heavy atom. The van der Waals surface area contributed by atoms with Crippen LogP contribution in [0.1, 0.15) is 23.6 Å². The van der Waals surface area contributed by atoms with Crippen LogP contribution in [0.15, 0.2) is 19.7 Å². The molecule has 5 heteroatoms. The van der Waals surface area contributed by atoms with Gasteiger partial charge in [-0.25, -0.2) is 4.79 Å². The molecule has 0 fully saturated rings. The molecule has 0 radical (unpaired) electrons. The highest BCUT2D eigenvalue weighted by Crippen LogP contribution is 2.29. The van der Waals surface area contributed by atoms with E-state index in [1.165, 1.54) is 0 Å². The number of hydrogen-bond donors (Lipinski definition) is 1. The van der Waals surface area contributed by atoms with Gasteiger partial charge in [-0.05, 0) is 44.1 Å². The van der Waals surface area contributed by atoms with Crippen LogP contribution in [-0.2, 0) is 6.42 Å². The Labute approximate surface area is 114 Å². The zero-order valence-corrected chi connectivity index (χ0v) is 11.7. The standard InChI is InChI=1S/C14H13NO3S/c1-4-8-6(2)9-5-10-12(18-14(19)15-10)7(3)11(9)17-13(8)16/h5H,4H2,1-3H3,(H,15,19). The predicted octanol–water partition coefficient (Wildman–Crippen LogP) is 3.78. The van der Waals surface area contributed by atoms with Crippen LogP contribution in [0.5, 0.6) is 0 Å². The van der Waals surface area contributed by atoms with Crippen molar-refractivity contribution in [2.24, 2.45) is 0 Å². The number of benzene rings is 1. The zero-order valence-electron chi connectivity index (χ0n) is 10.9. The maximum Gasteiger partial charge on any atom is 0.339 e. The predicted molar refractivity (Wildman–Crippen MR) is 76.3 cm³/mol. The molecule has 3 rings (SSSR count). The first-order chi connectivity index (χ1) is 9.02. The molecule has 19 heavy (non-hydrogen) atoms. The number of fused-ring (bicyclic) bond motifs is 2. The fourth-order valence-electron chi connectivity index (χ4n) is 2.52. The summed E-state index contributed by atoms with van der Waals surface area (Å²) in [6.45, 7) is 5.75.